The third kappa shape index (κ3) is 3.49. The molecule has 0 radical (unpaired) electrons. The largest absolute Gasteiger partial charge is 0.455 e. The molecule has 0 saturated carbocycles. The maximum absolute atomic E-state index is 6.41. The van der Waals surface area contributed by atoms with Crippen LogP contribution in [0.3, 0.4) is 0 Å². The Morgan fingerprint density at radius 1 is 0.429 bits per heavy atom. The lowest BCUT2D eigenvalue weighted by atomic mass is 9.99. The van der Waals surface area contributed by atoms with E-state index >= 15 is 0 Å². The first-order valence-corrected chi connectivity index (χ1v) is 14.0. The van der Waals surface area contributed by atoms with Gasteiger partial charge in [0.25, 0.3) is 0 Å². The van der Waals surface area contributed by atoms with Crippen molar-refractivity contribution in [2.24, 2.45) is 0 Å². The molecule has 0 aliphatic carbocycles. The van der Waals surface area contributed by atoms with Crippen LogP contribution in [0.4, 0.5) is 0 Å². The fourth-order valence-electron chi connectivity index (χ4n) is 6.14. The Hall–Kier alpha value is -5.74. The molecule has 9 rings (SSSR count). The zero-order chi connectivity index (χ0) is 27.6. The first-order chi connectivity index (χ1) is 20.8. The van der Waals surface area contributed by atoms with Crippen molar-refractivity contribution in [1.29, 1.82) is 0 Å². The van der Waals surface area contributed by atoms with Gasteiger partial charge in [0, 0.05) is 27.3 Å². The van der Waals surface area contributed by atoms with Crippen molar-refractivity contribution in [3.63, 3.8) is 0 Å². The Bertz CT molecular complexity index is 2480. The van der Waals surface area contributed by atoms with E-state index < -0.39 is 0 Å². The fourth-order valence-corrected chi connectivity index (χ4v) is 6.14. The second-order valence-electron chi connectivity index (χ2n) is 10.6. The Morgan fingerprint density at radius 2 is 1.17 bits per heavy atom. The summed E-state index contributed by atoms with van der Waals surface area (Å²) in [4.78, 5) is 9.36. The minimum absolute atomic E-state index is 0.683. The van der Waals surface area contributed by atoms with Gasteiger partial charge in [-0.25, -0.2) is 9.97 Å². The van der Waals surface area contributed by atoms with E-state index in [-0.39, 0.29) is 0 Å². The number of rotatable bonds is 3. The minimum Gasteiger partial charge on any atom is -0.455 e. The van der Waals surface area contributed by atoms with E-state index in [1.807, 2.05) is 24.3 Å². The zero-order valence-electron chi connectivity index (χ0n) is 22.4. The number of furan rings is 2. The molecule has 0 fully saturated rings. The van der Waals surface area contributed by atoms with Gasteiger partial charge in [0.2, 0.25) is 0 Å². The number of aromatic nitrogens is 2. The molecule has 0 saturated heterocycles. The molecule has 4 nitrogen and oxygen atoms in total. The number of nitrogens with zero attached hydrogens (tertiary/aromatic N) is 2. The Labute approximate surface area is 240 Å². The van der Waals surface area contributed by atoms with Gasteiger partial charge in [-0.1, -0.05) is 97.1 Å². The average molecular weight is 539 g/mol. The second kappa shape index (κ2) is 8.88. The summed E-state index contributed by atoms with van der Waals surface area (Å²) in [6.07, 6.45) is 1.63. The van der Waals surface area contributed by atoms with E-state index in [1.165, 1.54) is 10.8 Å². The van der Waals surface area contributed by atoms with E-state index in [0.29, 0.717) is 5.58 Å². The van der Waals surface area contributed by atoms with Gasteiger partial charge < -0.3 is 8.83 Å². The number of benzene rings is 6. The summed E-state index contributed by atoms with van der Waals surface area (Å²) in [6, 6.07) is 44.1. The maximum atomic E-state index is 6.41. The van der Waals surface area contributed by atoms with Gasteiger partial charge in [-0.05, 0) is 57.8 Å². The van der Waals surface area contributed by atoms with Crippen molar-refractivity contribution < 1.29 is 8.83 Å². The molecule has 0 aliphatic rings. The molecule has 196 valence electrons. The van der Waals surface area contributed by atoms with E-state index in [1.54, 1.807) is 6.33 Å². The van der Waals surface area contributed by atoms with Gasteiger partial charge in [-0.15, -0.1) is 0 Å². The standard InChI is InChI=1S/C38H22N2O2/c1-2-8-24-19-25(16-15-23(24)7-1)26-17-18-34-32(21-26)36-38(42-34)35(39-22-40-36)28-10-5-9-27(20-28)29-12-6-13-31-30-11-3-4-14-33(30)41-37(29)31/h1-22H. The zero-order valence-corrected chi connectivity index (χ0v) is 22.4. The normalized spacial score (nSPS) is 11.8. The van der Waals surface area contributed by atoms with Gasteiger partial charge in [-0.2, -0.15) is 0 Å². The van der Waals surface area contributed by atoms with Gasteiger partial charge in [-0.3, -0.25) is 0 Å². The van der Waals surface area contributed by atoms with Gasteiger partial charge in [0.1, 0.15) is 34.3 Å². The molecule has 0 atom stereocenters. The van der Waals surface area contributed by atoms with Crippen molar-refractivity contribution in [2.45, 2.75) is 0 Å². The molecule has 0 unspecified atom stereocenters. The molecule has 0 spiro atoms. The molecule has 0 amide bonds. The maximum Gasteiger partial charge on any atom is 0.180 e. The summed E-state index contributed by atoms with van der Waals surface area (Å²) in [7, 11) is 0. The van der Waals surface area contributed by atoms with Gasteiger partial charge in [0.05, 0.1) is 0 Å². The lowest BCUT2D eigenvalue weighted by molar-refractivity contribution is 0.667. The fraction of sp³-hybridized carbons (Fsp3) is 0. The molecular weight excluding hydrogens is 516 g/mol. The molecule has 6 aromatic carbocycles. The van der Waals surface area contributed by atoms with Crippen molar-refractivity contribution in [3.05, 3.63) is 134 Å². The lowest BCUT2D eigenvalue weighted by Crippen LogP contribution is -1.88. The van der Waals surface area contributed by atoms with Crippen molar-refractivity contribution in [3.8, 4) is 33.5 Å². The molecule has 0 aliphatic heterocycles. The van der Waals surface area contributed by atoms with E-state index in [2.05, 4.69) is 108 Å². The molecule has 3 aromatic heterocycles. The Kier molecular flexibility index (Phi) is 4.87. The van der Waals surface area contributed by atoms with Crippen LogP contribution in [0, 0.1) is 0 Å². The number of hydrogen-bond donors (Lipinski definition) is 0. The third-order valence-corrected chi connectivity index (χ3v) is 8.18. The van der Waals surface area contributed by atoms with Crippen LogP contribution in [0.15, 0.2) is 143 Å². The molecule has 9 aromatic rings. The quantitative estimate of drug-likeness (QED) is 0.224. The smallest absolute Gasteiger partial charge is 0.180 e. The molecular formula is C38H22N2O2. The molecule has 0 bridgehead atoms. The van der Waals surface area contributed by atoms with Crippen LogP contribution >= 0.6 is 0 Å². The predicted molar refractivity (Wildman–Crippen MR) is 170 cm³/mol. The third-order valence-electron chi connectivity index (χ3n) is 8.18. The topological polar surface area (TPSA) is 52.1 Å². The summed E-state index contributed by atoms with van der Waals surface area (Å²) < 4.78 is 12.7. The van der Waals surface area contributed by atoms with Crippen LogP contribution in [0.1, 0.15) is 0 Å². The highest BCUT2D eigenvalue weighted by Gasteiger charge is 2.17. The SMILES string of the molecule is c1cc(-c2cccc3c2oc2ccccc23)cc(-c2ncnc3c2oc2ccc(-c4ccc5ccccc5c4)cc23)c1. The summed E-state index contributed by atoms with van der Waals surface area (Å²) in [5.41, 5.74) is 10.2. The van der Waals surface area contributed by atoms with E-state index in [9.17, 15) is 0 Å². The Balaban J connectivity index is 1.18. The summed E-state index contributed by atoms with van der Waals surface area (Å²) in [5, 5.41) is 5.65. The van der Waals surface area contributed by atoms with E-state index in [0.717, 1.165) is 71.9 Å². The molecule has 42 heavy (non-hydrogen) atoms. The highest BCUT2D eigenvalue weighted by atomic mass is 16.3. The molecule has 3 heterocycles. The number of fused-ring (bicyclic) bond motifs is 7. The highest BCUT2D eigenvalue weighted by molar-refractivity contribution is 6.10. The van der Waals surface area contributed by atoms with Gasteiger partial charge >= 0.3 is 0 Å². The highest BCUT2D eigenvalue weighted by Crippen LogP contribution is 2.39. The second-order valence-corrected chi connectivity index (χ2v) is 10.6. The first-order valence-electron chi connectivity index (χ1n) is 14.0. The monoisotopic (exact) mass is 538 g/mol. The Morgan fingerprint density at radius 3 is 2.14 bits per heavy atom. The first kappa shape index (κ1) is 23.0. The predicted octanol–water partition coefficient (Wildman–Crippen LogP) is 10.4. The van der Waals surface area contributed by atoms with Crippen molar-refractivity contribution in [1.82, 2.24) is 9.97 Å². The lowest BCUT2D eigenvalue weighted by Gasteiger charge is -2.06. The average Bonchev–Trinajstić information content (AvgIpc) is 3.63. The summed E-state index contributed by atoms with van der Waals surface area (Å²) >= 11 is 0. The number of para-hydroxylation sites is 2. The molecule has 4 heteroatoms. The van der Waals surface area contributed by atoms with Crippen LogP contribution in [0.5, 0.6) is 0 Å². The summed E-state index contributed by atoms with van der Waals surface area (Å²) in [5.74, 6) is 0. The van der Waals surface area contributed by atoms with E-state index in [4.69, 9.17) is 13.8 Å². The van der Waals surface area contributed by atoms with Crippen molar-refractivity contribution >= 4 is 54.8 Å². The molecule has 0 N–H and O–H groups in total. The van der Waals surface area contributed by atoms with Crippen molar-refractivity contribution in [2.75, 3.05) is 0 Å². The van der Waals surface area contributed by atoms with Gasteiger partial charge in [0.15, 0.2) is 5.58 Å². The summed E-state index contributed by atoms with van der Waals surface area (Å²) in [6.45, 7) is 0. The van der Waals surface area contributed by atoms with Crippen LogP contribution in [0.2, 0.25) is 0 Å². The number of hydrogen-bond acceptors (Lipinski definition) is 4. The van der Waals surface area contributed by atoms with Crippen LogP contribution < -0.4 is 0 Å². The minimum atomic E-state index is 0.683. The van der Waals surface area contributed by atoms with Crippen LogP contribution in [-0.2, 0) is 0 Å². The van der Waals surface area contributed by atoms with Crippen LogP contribution in [-0.4, -0.2) is 9.97 Å². The van der Waals surface area contributed by atoms with Crippen LogP contribution in [0.25, 0.3) is 88.3 Å².